The number of benzene rings is 2. The van der Waals surface area contributed by atoms with Crippen LogP contribution in [0.5, 0.6) is 0 Å². The van der Waals surface area contributed by atoms with Gasteiger partial charge in [-0.05, 0) is 25.5 Å². The summed E-state index contributed by atoms with van der Waals surface area (Å²) in [5.41, 5.74) is 10.3. The number of carbonyl (C=O) groups is 1. The van der Waals surface area contributed by atoms with E-state index in [1.54, 1.807) is 24.3 Å². The van der Waals surface area contributed by atoms with Crippen molar-refractivity contribution in [1.82, 2.24) is 0 Å². The first kappa shape index (κ1) is 16.7. The highest BCUT2D eigenvalue weighted by Crippen LogP contribution is 2.38. The van der Waals surface area contributed by atoms with Crippen LogP contribution in [0.25, 0.3) is 0 Å². The maximum absolute atomic E-state index is 12.7. The third kappa shape index (κ3) is 3.25. The van der Waals surface area contributed by atoms with Crippen molar-refractivity contribution >= 4 is 33.5 Å². The highest BCUT2D eigenvalue weighted by molar-refractivity contribution is 7.19. The number of carbonyl (C=O) groups excluding carboxylic acids is 1. The molecule has 0 saturated carbocycles. The zero-order chi connectivity index (χ0) is 18.0. The Labute approximate surface area is 150 Å². The van der Waals surface area contributed by atoms with Gasteiger partial charge in [0.25, 0.3) is 0 Å². The molecule has 0 fully saturated rings. The molecule has 1 heterocycles. The van der Waals surface area contributed by atoms with Crippen molar-refractivity contribution < 1.29 is 4.79 Å². The van der Waals surface area contributed by atoms with Gasteiger partial charge in [-0.15, -0.1) is 11.3 Å². The SMILES string of the molecule is Cc1ccc(Nc2sc(C(=O)c3ccccc3)c(N)c2C#N)c(C)c1. The number of nitrogens with zero attached hydrogens (tertiary/aromatic N) is 1. The predicted molar refractivity (Wildman–Crippen MR) is 103 cm³/mol. The average molecular weight is 347 g/mol. The highest BCUT2D eigenvalue weighted by atomic mass is 32.1. The largest absolute Gasteiger partial charge is 0.396 e. The minimum absolute atomic E-state index is 0.173. The summed E-state index contributed by atoms with van der Waals surface area (Å²) in [5.74, 6) is -0.173. The number of nitriles is 1. The Morgan fingerprint density at radius 2 is 1.88 bits per heavy atom. The lowest BCUT2D eigenvalue weighted by Crippen LogP contribution is -2.02. The minimum atomic E-state index is -0.173. The fourth-order valence-corrected chi connectivity index (χ4v) is 3.65. The molecule has 0 aliphatic carbocycles. The van der Waals surface area contributed by atoms with Gasteiger partial charge in [-0.2, -0.15) is 5.26 Å². The average Bonchev–Trinajstić information content (AvgIpc) is 2.93. The lowest BCUT2D eigenvalue weighted by Gasteiger charge is -2.08. The van der Waals surface area contributed by atoms with Gasteiger partial charge < -0.3 is 11.1 Å². The van der Waals surface area contributed by atoms with Crippen molar-refractivity contribution in [3.05, 3.63) is 75.7 Å². The third-order valence-corrected chi connectivity index (χ3v) is 5.05. The Morgan fingerprint density at radius 3 is 2.52 bits per heavy atom. The van der Waals surface area contributed by atoms with Crippen molar-refractivity contribution in [3.8, 4) is 6.07 Å². The number of ketones is 1. The molecular formula is C20H17N3OS. The Kier molecular flexibility index (Phi) is 4.55. The molecule has 25 heavy (non-hydrogen) atoms. The topological polar surface area (TPSA) is 78.9 Å². The third-order valence-electron chi connectivity index (χ3n) is 3.93. The molecule has 3 N–H and O–H groups in total. The molecule has 124 valence electrons. The van der Waals surface area contributed by atoms with Gasteiger partial charge in [0.05, 0.1) is 5.69 Å². The van der Waals surface area contributed by atoms with E-state index in [1.165, 1.54) is 11.3 Å². The summed E-state index contributed by atoms with van der Waals surface area (Å²) in [6.07, 6.45) is 0. The highest BCUT2D eigenvalue weighted by Gasteiger charge is 2.22. The minimum Gasteiger partial charge on any atom is -0.396 e. The van der Waals surface area contributed by atoms with E-state index in [-0.39, 0.29) is 11.5 Å². The van der Waals surface area contributed by atoms with E-state index in [2.05, 4.69) is 17.5 Å². The molecule has 3 aromatic rings. The normalized spacial score (nSPS) is 10.3. The van der Waals surface area contributed by atoms with Crippen LogP contribution in [0.2, 0.25) is 0 Å². The maximum Gasteiger partial charge on any atom is 0.205 e. The Morgan fingerprint density at radius 1 is 1.16 bits per heavy atom. The number of nitrogen functional groups attached to an aromatic ring is 1. The van der Waals surface area contributed by atoms with E-state index >= 15 is 0 Å². The first-order valence-electron chi connectivity index (χ1n) is 7.77. The number of aryl methyl sites for hydroxylation is 2. The fourth-order valence-electron chi connectivity index (χ4n) is 2.61. The number of anilines is 3. The number of hydrogen-bond acceptors (Lipinski definition) is 5. The van der Waals surface area contributed by atoms with Crippen LogP contribution >= 0.6 is 11.3 Å². The van der Waals surface area contributed by atoms with Crippen LogP contribution in [0.15, 0.2) is 48.5 Å². The van der Waals surface area contributed by atoms with Gasteiger partial charge in [-0.25, -0.2) is 0 Å². The first-order chi connectivity index (χ1) is 12.0. The van der Waals surface area contributed by atoms with E-state index in [4.69, 9.17) is 5.73 Å². The molecule has 5 heteroatoms. The van der Waals surface area contributed by atoms with Gasteiger partial charge in [-0.3, -0.25) is 4.79 Å². The molecule has 4 nitrogen and oxygen atoms in total. The molecule has 0 bridgehead atoms. The van der Waals surface area contributed by atoms with Crippen LogP contribution in [0.4, 0.5) is 16.4 Å². The smallest absolute Gasteiger partial charge is 0.205 e. The van der Waals surface area contributed by atoms with Gasteiger partial charge >= 0.3 is 0 Å². The van der Waals surface area contributed by atoms with Gasteiger partial charge in [-0.1, -0.05) is 48.0 Å². The van der Waals surface area contributed by atoms with Crippen LogP contribution in [-0.2, 0) is 0 Å². The molecular weight excluding hydrogens is 330 g/mol. The standard InChI is InChI=1S/C20H17N3OS/c1-12-8-9-16(13(2)10-12)23-20-15(11-21)17(22)19(25-20)18(24)14-6-4-3-5-7-14/h3-10,23H,22H2,1-2H3. The van der Waals surface area contributed by atoms with E-state index in [9.17, 15) is 10.1 Å². The van der Waals surface area contributed by atoms with E-state index < -0.39 is 0 Å². The van der Waals surface area contributed by atoms with Gasteiger partial charge in [0.15, 0.2) is 0 Å². The first-order valence-corrected chi connectivity index (χ1v) is 8.59. The van der Waals surface area contributed by atoms with Gasteiger partial charge in [0.2, 0.25) is 5.78 Å². The number of rotatable bonds is 4. The van der Waals surface area contributed by atoms with Crippen LogP contribution in [0.3, 0.4) is 0 Å². The van der Waals surface area contributed by atoms with Crippen LogP contribution < -0.4 is 11.1 Å². The quantitative estimate of drug-likeness (QED) is 0.665. The fraction of sp³-hybridized carbons (Fsp3) is 0.100. The van der Waals surface area contributed by atoms with E-state index in [0.29, 0.717) is 21.0 Å². The summed E-state index contributed by atoms with van der Waals surface area (Å²) in [5, 5.41) is 13.3. The number of hydrogen-bond donors (Lipinski definition) is 2. The molecule has 2 aromatic carbocycles. The maximum atomic E-state index is 12.7. The molecule has 0 aliphatic heterocycles. The zero-order valence-corrected chi connectivity index (χ0v) is 14.8. The molecule has 0 saturated heterocycles. The molecule has 1 aromatic heterocycles. The number of nitrogens with one attached hydrogen (secondary N) is 1. The summed E-state index contributed by atoms with van der Waals surface area (Å²) in [7, 11) is 0. The molecule has 0 amide bonds. The molecule has 0 radical (unpaired) electrons. The summed E-state index contributed by atoms with van der Waals surface area (Å²) in [6.45, 7) is 4.02. The summed E-state index contributed by atoms with van der Waals surface area (Å²) >= 11 is 1.21. The lowest BCUT2D eigenvalue weighted by molar-refractivity contribution is 0.104. The predicted octanol–water partition coefficient (Wildman–Crippen LogP) is 4.79. The monoisotopic (exact) mass is 347 g/mol. The number of thiophene rings is 1. The Hall–Kier alpha value is -3.10. The van der Waals surface area contributed by atoms with Crippen LogP contribution in [0.1, 0.15) is 31.9 Å². The Balaban J connectivity index is 2.01. The summed E-state index contributed by atoms with van der Waals surface area (Å²) < 4.78 is 0. The van der Waals surface area contributed by atoms with E-state index in [1.807, 2.05) is 32.0 Å². The zero-order valence-electron chi connectivity index (χ0n) is 14.0. The molecule has 0 atom stereocenters. The van der Waals surface area contributed by atoms with Gasteiger partial charge in [0, 0.05) is 11.3 Å². The van der Waals surface area contributed by atoms with Crippen molar-refractivity contribution in [3.63, 3.8) is 0 Å². The van der Waals surface area contributed by atoms with Crippen molar-refractivity contribution in [2.24, 2.45) is 0 Å². The van der Waals surface area contributed by atoms with Crippen molar-refractivity contribution in [1.29, 1.82) is 5.26 Å². The van der Waals surface area contributed by atoms with Gasteiger partial charge in [0.1, 0.15) is 21.5 Å². The second-order valence-electron chi connectivity index (χ2n) is 5.80. The summed E-state index contributed by atoms with van der Waals surface area (Å²) in [6, 6.07) is 17.1. The molecule has 0 spiro atoms. The van der Waals surface area contributed by atoms with Crippen molar-refractivity contribution in [2.45, 2.75) is 13.8 Å². The van der Waals surface area contributed by atoms with Crippen molar-refractivity contribution in [2.75, 3.05) is 11.1 Å². The van der Waals surface area contributed by atoms with Crippen LogP contribution in [0, 0.1) is 25.2 Å². The summed E-state index contributed by atoms with van der Waals surface area (Å²) in [4.78, 5) is 13.1. The molecule has 3 rings (SSSR count). The second kappa shape index (κ2) is 6.80. The van der Waals surface area contributed by atoms with Crippen LogP contribution in [-0.4, -0.2) is 5.78 Å². The van der Waals surface area contributed by atoms with E-state index in [0.717, 1.165) is 16.8 Å². The molecule has 0 aliphatic rings. The lowest BCUT2D eigenvalue weighted by atomic mass is 10.1. The Bertz CT molecular complexity index is 984. The molecule has 0 unspecified atom stereocenters. The number of nitrogens with two attached hydrogens (primary N) is 1. The second-order valence-corrected chi connectivity index (χ2v) is 6.82.